The molecule has 0 aliphatic heterocycles. The van der Waals surface area contributed by atoms with Gasteiger partial charge in [-0.1, -0.05) is 66.7 Å². The number of aliphatic hydroxyl groups is 3. The Labute approximate surface area is 330 Å². The average molecular weight is 754 g/mol. The van der Waals surface area contributed by atoms with Crippen LogP contribution in [0.5, 0.6) is 0 Å². The minimum atomic E-state index is -1.45. The molecule has 8 nitrogen and oxygen atoms in total. The molecule has 3 aromatic rings. The molecule has 8 heteroatoms. The van der Waals surface area contributed by atoms with Crippen molar-refractivity contribution in [3.63, 3.8) is 0 Å². The van der Waals surface area contributed by atoms with Gasteiger partial charge in [0.05, 0.1) is 23.3 Å². The van der Waals surface area contributed by atoms with Gasteiger partial charge in [0, 0.05) is 59.7 Å². The van der Waals surface area contributed by atoms with Crippen molar-refractivity contribution in [1.29, 1.82) is 0 Å². The smallest absolute Gasteiger partial charge is 0.189 e. The van der Waals surface area contributed by atoms with Gasteiger partial charge in [-0.15, -0.1) is 0 Å². The zero-order valence-electron chi connectivity index (χ0n) is 32.8. The minimum absolute atomic E-state index is 0.00188. The maximum absolute atomic E-state index is 14.0. The molecule has 13 atom stereocenters. The second-order valence-electron chi connectivity index (χ2n) is 19.8. The maximum Gasteiger partial charge on any atom is 0.189 e. The number of aromatic nitrogens is 2. The van der Waals surface area contributed by atoms with Gasteiger partial charge >= 0.3 is 0 Å². The Balaban J connectivity index is 1.16. The molecular weight excluding hydrogens is 695 g/mol. The van der Waals surface area contributed by atoms with E-state index in [2.05, 4.69) is 92.8 Å². The Morgan fingerprint density at radius 3 is 2.61 bits per heavy atom. The van der Waals surface area contributed by atoms with Crippen molar-refractivity contribution in [1.82, 2.24) is 15.3 Å². The summed E-state index contributed by atoms with van der Waals surface area (Å²) < 4.78 is 0. The van der Waals surface area contributed by atoms with Crippen molar-refractivity contribution in [3.8, 4) is 11.8 Å². The third-order valence-electron chi connectivity index (χ3n) is 17.6. The van der Waals surface area contributed by atoms with Crippen molar-refractivity contribution < 1.29 is 15.3 Å². The number of para-hydroxylation sites is 1. The molecule has 56 heavy (non-hydrogen) atoms. The SMILES string of the molecule is CN=C(N)NC1C#CC2CC3(C=C(Cc4cc5ccccc5[nH]4)C24C2C=CC5(CCCC5)C5(O)C6CC(O)C(O)(C1)C6C4CCC25)CCC(Cc1ccc[nH]1)C3. The Kier molecular flexibility index (Phi) is 7.82. The molecule has 1 aromatic carbocycles. The van der Waals surface area contributed by atoms with Crippen LogP contribution in [0.4, 0.5) is 0 Å². The molecule has 11 rings (SSSR count). The molecule has 294 valence electrons. The molecule has 0 amide bonds. The van der Waals surface area contributed by atoms with E-state index in [1.165, 1.54) is 28.8 Å². The van der Waals surface area contributed by atoms with E-state index in [9.17, 15) is 15.3 Å². The summed E-state index contributed by atoms with van der Waals surface area (Å²) in [6, 6.07) is 14.8. The molecule has 2 heterocycles. The van der Waals surface area contributed by atoms with Crippen LogP contribution in [-0.2, 0) is 12.8 Å². The summed E-state index contributed by atoms with van der Waals surface area (Å²) in [5.41, 5.74) is 8.28. The fraction of sp³-hybridized carbons (Fsp3) is 0.604. The lowest BCUT2D eigenvalue weighted by molar-refractivity contribution is -0.174. The van der Waals surface area contributed by atoms with Crippen LogP contribution in [0.1, 0.15) is 88.4 Å². The highest BCUT2D eigenvalue weighted by Crippen LogP contribution is 2.78. The van der Waals surface area contributed by atoms with E-state index in [1.807, 2.05) is 6.20 Å². The summed E-state index contributed by atoms with van der Waals surface area (Å²) in [4.78, 5) is 11.6. The van der Waals surface area contributed by atoms with E-state index in [-0.39, 0.29) is 58.7 Å². The molecular formula is C48H59N5O3. The predicted octanol–water partition coefficient (Wildman–Crippen LogP) is 6.56. The molecule has 13 unspecified atom stereocenters. The third kappa shape index (κ3) is 4.74. The van der Waals surface area contributed by atoms with Gasteiger partial charge in [0.1, 0.15) is 0 Å². The van der Waals surface area contributed by atoms with Crippen LogP contribution in [-0.4, -0.2) is 61.6 Å². The molecule has 8 aliphatic rings. The van der Waals surface area contributed by atoms with E-state index < -0.39 is 28.8 Å². The van der Waals surface area contributed by atoms with Gasteiger partial charge in [0.25, 0.3) is 0 Å². The summed E-state index contributed by atoms with van der Waals surface area (Å²) >= 11 is 0. The normalized spacial score (nSPS) is 44.2. The van der Waals surface area contributed by atoms with Crippen molar-refractivity contribution >= 4 is 16.9 Å². The number of aliphatic imine (C=N–C) groups is 1. The maximum atomic E-state index is 14.0. The molecule has 5 saturated carbocycles. The van der Waals surface area contributed by atoms with Crippen LogP contribution in [0.3, 0.4) is 0 Å². The van der Waals surface area contributed by atoms with Gasteiger partial charge in [-0.25, -0.2) is 0 Å². The lowest BCUT2D eigenvalue weighted by Crippen LogP contribution is -2.63. The predicted molar refractivity (Wildman–Crippen MR) is 219 cm³/mol. The Hall–Kier alpha value is -3.77. The van der Waals surface area contributed by atoms with Gasteiger partial charge in [-0.3, -0.25) is 4.99 Å². The van der Waals surface area contributed by atoms with Gasteiger partial charge in [0.15, 0.2) is 5.96 Å². The molecule has 3 spiro atoms. The van der Waals surface area contributed by atoms with Crippen molar-refractivity contribution in [2.75, 3.05) is 7.05 Å². The second-order valence-corrected chi connectivity index (χ2v) is 19.8. The van der Waals surface area contributed by atoms with E-state index >= 15 is 0 Å². The number of hydrogen-bond acceptors (Lipinski definition) is 4. The molecule has 2 aromatic heterocycles. The zero-order valence-corrected chi connectivity index (χ0v) is 32.8. The fourth-order valence-corrected chi connectivity index (χ4v) is 15.7. The first-order chi connectivity index (χ1) is 27.1. The lowest BCUT2D eigenvalue weighted by Gasteiger charge is -2.63. The van der Waals surface area contributed by atoms with E-state index in [0.717, 1.165) is 76.1 Å². The molecule has 0 radical (unpaired) electrons. The van der Waals surface area contributed by atoms with E-state index in [0.29, 0.717) is 12.3 Å². The number of fused-ring (bicyclic) bond motifs is 3. The lowest BCUT2D eigenvalue weighted by atomic mass is 9.41. The number of hydrogen-bond donors (Lipinski definition) is 7. The largest absolute Gasteiger partial charge is 0.390 e. The highest BCUT2D eigenvalue weighted by Gasteiger charge is 2.78. The third-order valence-corrected chi connectivity index (χ3v) is 17.6. The van der Waals surface area contributed by atoms with Gasteiger partial charge in [-0.05, 0) is 135 Å². The highest BCUT2D eigenvalue weighted by atomic mass is 16.3. The first kappa shape index (κ1) is 35.4. The number of nitrogens with zero attached hydrogens (tertiary/aromatic N) is 1. The van der Waals surface area contributed by atoms with Gasteiger partial charge in [0.2, 0.25) is 0 Å². The average Bonchev–Trinajstić information content (AvgIpc) is 4.03. The number of benzene rings is 1. The number of rotatable bonds is 5. The Morgan fingerprint density at radius 1 is 0.964 bits per heavy atom. The Morgan fingerprint density at radius 2 is 1.80 bits per heavy atom. The topological polar surface area (TPSA) is 143 Å². The minimum Gasteiger partial charge on any atom is -0.390 e. The number of aromatic amines is 2. The summed E-state index contributed by atoms with van der Waals surface area (Å²) in [5, 5.41) is 44.4. The molecule has 8 aliphatic carbocycles. The number of aliphatic hydroxyl groups excluding tert-OH is 1. The molecule has 5 fully saturated rings. The summed E-state index contributed by atoms with van der Waals surface area (Å²) in [7, 11) is 1.67. The van der Waals surface area contributed by atoms with Gasteiger partial charge < -0.3 is 36.3 Å². The van der Waals surface area contributed by atoms with Crippen LogP contribution in [0.15, 0.2) is 77.5 Å². The number of allylic oxidation sites excluding steroid dienone is 3. The number of nitrogens with two attached hydrogens (primary N) is 1. The fourth-order valence-electron chi connectivity index (χ4n) is 15.7. The molecule has 8 N–H and O–H groups in total. The van der Waals surface area contributed by atoms with Gasteiger partial charge in [-0.2, -0.15) is 0 Å². The first-order valence-corrected chi connectivity index (χ1v) is 21.8. The highest BCUT2D eigenvalue weighted by molar-refractivity contribution is 5.80. The van der Waals surface area contributed by atoms with Crippen molar-refractivity contribution in [3.05, 3.63) is 83.9 Å². The molecule has 6 bridgehead atoms. The monoisotopic (exact) mass is 753 g/mol. The zero-order chi connectivity index (χ0) is 38.1. The van der Waals surface area contributed by atoms with Crippen LogP contribution >= 0.6 is 0 Å². The summed E-state index contributed by atoms with van der Waals surface area (Å²) in [6.07, 6.45) is 21.8. The van der Waals surface area contributed by atoms with Crippen LogP contribution in [0.25, 0.3) is 10.9 Å². The Bertz CT molecular complexity index is 2150. The summed E-state index contributed by atoms with van der Waals surface area (Å²) in [6.45, 7) is 0. The number of guanidine groups is 1. The van der Waals surface area contributed by atoms with Crippen LogP contribution in [0, 0.1) is 69.5 Å². The molecule has 0 saturated heterocycles. The van der Waals surface area contributed by atoms with Crippen molar-refractivity contribution in [2.45, 2.75) is 113 Å². The summed E-state index contributed by atoms with van der Waals surface area (Å²) in [5.74, 6) is 8.28. The number of nitrogens with one attached hydrogen (secondary N) is 3. The van der Waals surface area contributed by atoms with Crippen LogP contribution in [0.2, 0.25) is 0 Å². The second kappa shape index (κ2) is 12.4. The first-order valence-electron chi connectivity index (χ1n) is 21.8. The van der Waals surface area contributed by atoms with E-state index in [4.69, 9.17) is 5.73 Å². The standard InChI is InChI=1S/C48H59N5O3/c1-50-43(49)53-34-11-10-31-26-44(18-14-29(25-44)21-33-8-6-20-51-33)27-32(23-35-22-30-7-2-3-9-40(30)52-35)47(31)36-15-19-45(16-4-5-17-45)48(56)37(36)12-13-38(47)42-39(48)24-41(54)46(42,55)28-34/h2-3,6-9,15,19-20,22,27,29,31,34,36-39,41-42,51-52,54-56H,4-5,12-14,16-18,21,23-26,28H2,1H3,(H3,49,50,53). The quantitative estimate of drug-likeness (QED) is 0.0685. The van der Waals surface area contributed by atoms with E-state index in [1.54, 1.807) is 7.05 Å². The number of H-pyrrole nitrogens is 2. The van der Waals surface area contributed by atoms with Crippen LogP contribution < -0.4 is 11.1 Å². The van der Waals surface area contributed by atoms with Crippen molar-refractivity contribution in [2.24, 2.45) is 68.4 Å².